The number of rotatable bonds is 9. The van der Waals surface area contributed by atoms with Crippen molar-refractivity contribution in [2.45, 2.75) is 84.6 Å². The Bertz CT molecular complexity index is 389. The Morgan fingerprint density at radius 3 is 2.24 bits per heavy atom. The molecule has 1 aromatic rings. The van der Waals surface area contributed by atoms with Gasteiger partial charge in [0.1, 0.15) is 0 Å². The third kappa shape index (κ3) is 6.22. The van der Waals surface area contributed by atoms with Crippen LogP contribution in [0.5, 0.6) is 0 Å². The zero-order valence-corrected chi connectivity index (χ0v) is 14.8. The molecule has 1 N–H and O–H groups in total. The maximum absolute atomic E-state index is 3.70. The quantitative estimate of drug-likeness (QED) is 0.550. The monoisotopic (exact) mass is 289 g/mol. The Morgan fingerprint density at radius 2 is 1.62 bits per heavy atom. The van der Waals surface area contributed by atoms with E-state index in [1.165, 1.54) is 49.7 Å². The summed E-state index contributed by atoms with van der Waals surface area (Å²) in [4.78, 5) is 0. The number of hydrogen-bond acceptors (Lipinski definition) is 1. The van der Waals surface area contributed by atoms with Gasteiger partial charge in [0, 0.05) is 6.04 Å². The number of unbranched alkanes of at least 4 members (excludes halogenated alkanes) is 4. The fourth-order valence-corrected chi connectivity index (χ4v) is 3.05. The van der Waals surface area contributed by atoms with Crippen molar-refractivity contribution in [3.05, 3.63) is 35.4 Å². The lowest BCUT2D eigenvalue weighted by Crippen LogP contribution is -2.25. The van der Waals surface area contributed by atoms with E-state index in [4.69, 9.17) is 0 Å². The van der Waals surface area contributed by atoms with E-state index in [0.29, 0.717) is 6.04 Å². The zero-order valence-electron chi connectivity index (χ0n) is 14.8. The van der Waals surface area contributed by atoms with Crippen molar-refractivity contribution in [2.24, 2.45) is 0 Å². The minimum absolute atomic E-state index is 0.215. The van der Waals surface area contributed by atoms with Crippen LogP contribution < -0.4 is 5.32 Å². The van der Waals surface area contributed by atoms with E-state index >= 15 is 0 Å². The lowest BCUT2D eigenvalue weighted by molar-refractivity contribution is 0.465. The molecular weight excluding hydrogens is 254 g/mol. The molecule has 0 aliphatic heterocycles. The van der Waals surface area contributed by atoms with E-state index in [9.17, 15) is 0 Å². The molecule has 0 radical (unpaired) electrons. The second kappa shape index (κ2) is 9.25. The summed E-state index contributed by atoms with van der Waals surface area (Å²) in [7, 11) is 0. The Balaban J connectivity index is 2.76. The second-order valence-corrected chi connectivity index (χ2v) is 7.15. The van der Waals surface area contributed by atoms with Crippen LogP contribution in [0.2, 0.25) is 0 Å². The van der Waals surface area contributed by atoms with Crippen molar-refractivity contribution in [3.63, 3.8) is 0 Å². The van der Waals surface area contributed by atoms with Gasteiger partial charge in [0.25, 0.3) is 0 Å². The molecule has 0 bridgehead atoms. The zero-order chi connectivity index (χ0) is 15.7. The van der Waals surface area contributed by atoms with Crippen LogP contribution in [0, 0.1) is 0 Å². The van der Waals surface area contributed by atoms with Crippen molar-refractivity contribution in [1.29, 1.82) is 0 Å². The molecule has 0 saturated heterocycles. The van der Waals surface area contributed by atoms with Crippen molar-refractivity contribution in [2.75, 3.05) is 6.54 Å². The average molecular weight is 290 g/mol. The molecule has 1 nitrogen and oxygen atoms in total. The molecule has 0 saturated carbocycles. The molecule has 0 aliphatic rings. The Labute approximate surface area is 132 Å². The highest BCUT2D eigenvalue weighted by molar-refractivity contribution is 5.35. The summed E-state index contributed by atoms with van der Waals surface area (Å²) in [5.74, 6) is 0. The fourth-order valence-electron chi connectivity index (χ4n) is 3.05. The molecule has 1 heteroatoms. The van der Waals surface area contributed by atoms with Crippen LogP contribution in [0.25, 0.3) is 0 Å². The predicted molar refractivity (Wildman–Crippen MR) is 94.9 cm³/mol. The average Bonchev–Trinajstić information content (AvgIpc) is 2.45. The predicted octanol–water partition coefficient (Wildman–Crippen LogP) is 6.00. The Morgan fingerprint density at radius 1 is 0.952 bits per heavy atom. The van der Waals surface area contributed by atoms with Gasteiger partial charge in [-0.05, 0) is 29.5 Å². The first kappa shape index (κ1) is 18.2. The van der Waals surface area contributed by atoms with Crippen LogP contribution in [0.15, 0.2) is 24.3 Å². The maximum atomic E-state index is 3.70. The van der Waals surface area contributed by atoms with Crippen LogP contribution in [0.4, 0.5) is 0 Å². The van der Waals surface area contributed by atoms with Gasteiger partial charge in [-0.1, -0.05) is 91.0 Å². The summed E-state index contributed by atoms with van der Waals surface area (Å²) in [5, 5.41) is 3.70. The van der Waals surface area contributed by atoms with Gasteiger partial charge in [0.15, 0.2) is 0 Å². The first-order valence-corrected chi connectivity index (χ1v) is 8.83. The molecular formula is C20H35N. The summed E-state index contributed by atoms with van der Waals surface area (Å²) in [6, 6.07) is 9.49. The van der Waals surface area contributed by atoms with Crippen LogP contribution in [-0.4, -0.2) is 6.54 Å². The number of hydrogen-bond donors (Lipinski definition) is 1. The molecule has 0 fully saturated rings. The molecule has 0 aliphatic carbocycles. The van der Waals surface area contributed by atoms with Crippen molar-refractivity contribution in [3.8, 4) is 0 Å². The first-order valence-electron chi connectivity index (χ1n) is 8.83. The molecule has 1 aromatic carbocycles. The Kier molecular flexibility index (Phi) is 8.03. The lowest BCUT2D eigenvalue weighted by atomic mass is 9.81. The molecule has 1 atom stereocenters. The van der Waals surface area contributed by atoms with Crippen LogP contribution >= 0.6 is 0 Å². The molecule has 21 heavy (non-hydrogen) atoms. The second-order valence-electron chi connectivity index (χ2n) is 7.15. The molecule has 120 valence electrons. The van der Waals surface area contributed by atoms with Crippen LogP contribution in [-0.2, 0) is 5.41 Å². The fraction of sp³-hybridized carbons (Fsp3) is 0.700. The smallest absolute Gasteiger partial charge is 0.0323 e. The van der Waals surface area contributed by atoms with E-state index in [0.717, 1.165) is 6.54 Å². The molecule has 0 spiro atoms. The maximum Gasteiger partial charge on any atom is 0.0323 e. The molecule has 1 rings (SSSR count). The van der Waals surface area contributed by atoms with Gasteiger partial charge in [-0.25, -0.2) is 0 Å². The van der Waals surface area contributed by atoms with E-state index < -0.39 is 0 Å². The Hall–Kier alpha value is -0.820. The number of benzene rings is 1. The van der Waals surface area contributed by atoms with E-state index in [1.807, 2.05) is 0 Å². The third-order valence-electron chi connectivity index (χ3n) is 4.19. The first-order chi connectivity index (χ1) is 10.0. The third-order valence-corrected chi connectivity index (χ3v) is 4.19. The molecule has 0 aromatic heterocycles. The van der Waals surface area contributed by atoms with E-state index in [2.05, 4.69) is 64.2 Å². The van der Waals surface area contributed by atoms with Gasteiger partial charge in [-0.15, -0.1) is 0 Å². The summed E-state index contributed by atoms with van der Waals surface area (Å²) in [6.07, 6.45) is 8.04. The SMILES string of the molecule is CCCCCCCC(NCC)c1ccccc1C(C)(C)C. The van der Waals surface area contributed by atoms with Crippen LogP contribution in [0.3, 0.4) is 0 Å². The summed E-state index contributed by atoms with van der Waals surface area (Å²) in [5.41, 5.74) is 3.21. The van der Waals surface area contributed by atoms with Gasteiger partial charge in [-0.2, -0.15) is 0 Å². The highest BCUT2D eigenvalue weighted by Gasteiger charge is 2.21. The highest BCUT2D eigenvalue weighted by atomic mass is 14.9. The summed E-state index contributed by atoms with van der Waals surface area (Å²) in [6.45, 7) is 12.5. The summed E-state index contributed by atoms with van der Waals surface area (Å²) < 4.78 is 0. The summed E-state index contributed by atoms with van der Waals surface area (Å²) >= 11 is 0. The van der Waals surface area contributed by atoms with E-state index in [-0.39, 0.29) is 5.41 Å². The number of nitrogens with one attached hydrogen (secondary N) is 1. The van der Waals surface area contributed by atoms with Crippen molar-refractivity contribution >= 4 is 0 Å². The topological polar surface area (TPSA) is 12.0 Å². The molecule has 0 amide bonds. The minimum atomic E-state index is 0.215. The van der Waals surface area contributed by atoms with Gasteiger partial charge in [0.2, 0.25) is 0 Å². The molecule has 0 heterocycles. The van der Waals surface area contributed by atoms with Gasteiger partial charge >= 0.3 is 0 Å². The van der Waals surface area contributed by atoms with Gasteiger partial charge < -0.3 is 5.32 Å². The van der Waals surface area contributed by atoms with E-state index in [1.54, 1.807) is 0 Å². The largest absolute Gasteiger partial charge is 0.310 e. The van der Waals surface area contributed by atoms with Gasteiger partial charge in [0.05, 0.1) is 0 Å². The normalized spacial score (nSPS) is 13.4. The highest BCUT2D eigenvalue weighted by Crippen LogP contribution is 2.31. The van der Waals surface area contributed by atoms with Crippen molar-refractivity contribution in [1.82, 2.24) is 5.32 Å². The van der Waals surface area contributed by atoms with Gasteiger partial charge in [-0.3, -0.25) is 0 Å². The molecule has 1 unspecified atom stereocenters. The van der Waals surface area contributed by atoms with Crippen LogP contribution in [0.1, 0.15) is 90.3 Å². The van der Waals surface area contributed by atoms with Crippen molar-refractivity contribution < 1.29 is 0 Å². The lowest BCUT2D eigenvalue weighted by Gasteiger charge is -2.28. The standard InChI is InChI=1S/C20H35N/c1-6-8-9-10-11-16-19(21-7-2)17-14-12-13-15-18(17)20(3,4)5/h12-15,19,21H,6-11,16H2,1-5H3. The minimum Gasteiger partial charge on any atom is -0.310 e.